The van der Waals surface area contributed by atoms with Crippen molar-refractivity contribution in [1.82, 2.24) is 15.0 Å². The molecule has 0 aliphatic heterocycles. The predicted octanol–water partition coefficient (Wildman–Crippen LogP) is 4.95. The molecule has 1 unspecified atom stereocenters. The summed E-state index contributed by atoms with van der Waals surface area (Å²) in [7, 11) is 0. The third-order valence-electron chi connectivity index (χ3n) is 5.30. The van der Waals surface area contributed by atoms with Gasteiger partial charge in [0.15, 0.2) is 0 Å². The number of benzene rings is 1. The van der Waals surface area contributed by atoms with Crippen LogP contribution in [0.1, 0.15) is 44.1 Å². The van der Waals surface area contributed by atoms with E-state index in [9.17, 15) is 4.79 Å². The maximum atomic E-state index is 13.0. The molecule has 6 heteroatoms. The summed E-state index contributed by atoms with van der Waals surface area (Å²) in [5.41, 5.74) is 1.18. The summed E-state index contributed by atoms with van der Waals surface area (Å²) in [5, 5.41) is 6.03. The van der Waals surface area contributed by atoms with Gasteiger partial charge in [-0.15, -0.1) is 11.3 Å². The fraction of sp³-hybridized carbons (Fsp3) is 0.409. The van der Waals surface area contributed by atoms with E-state index < -0.39 is 0 Å². The van der Waals surface area contributed by atoms with E-state index in [-0.39, 0.29) is 5.91 Å². The average Bonchev–Trinajstić information content (AvgIpc) is 3.22. The second kappa shape index (κ2) is 8.69. The largest absolute Gasteiger partial charge is 0.339 e. The van der Waals surface area contributed by atoms with E-state index in [0.717, 1.165) is 4.88 Å². The van der Waals surface area contributed by atoms with Gasteiger partial charge in [0, 0.05) is 25.4 Å². The Morgan fingerprint density at radius 3 is 2.79 bits per heavy atom. The van der Waals surface area contributed by atoms with Crippen LogP contribution >= 0.6 is 11.3 Å². The third-order valence-corrected chi connectivity index (χ3v) is 6.17. The smallest absolute Gasteiger partial charge is 0.226 e. The molecule has 0 bridgehead atoms. The zero-order valence-electron chi connectivity index (χ0n) is 16.1. The van der Waals surface area contributed by atoms with Crippen molar-refractivity contribution in [3.63, 3.8) is 0 Å². The zero-order chi connectivity index (χ0) is 19.3. The summed E-state index contributed by atoms with van der Waals surface area (Å²) in [6.45, 7) is 2.87. The molecule has 1 aliphatic rings. The van der Waals surface area contributed by atoms with E-state index in [0.29, 0.717) is 49.5 Å². The molecule has 1 fully saturated rings. The molecule has 4 rings (SSSR count). The molecule has 3 aromatic rings. The fourth-order valence-electron chi connectivity index (χ4n) is 3.47. The lowest BCUT2D eigenvalue weighted by Gasteiger charge is -2.30. The first-order valence-corrected chi connectivity index (χ1v) is 10.8. The van der Waals surface area contributed by atoms with E-state index in [1.54, 1.807) is 11.3 Å². The van der Waals surface area contributed by atoms with Gasteiger partial charge in [-0.1, -0.05) is 41.6 Å². The molecule has 0 spiro atoms. The number of rotatable bonds is 9. The lowest BCUT2D eigenvalue weighted by molar-refractivity contribution is -0.134. The molecular formula is C22H25N3O2S. The first kappa shape index (κ1) is 18.9. The number of carbonyl (C=O) groups is 1. The number of amides is 1. The number of aryl methyl sites for hydroxylation is 1. The van der Waals surface area contributed by atoms with Crippen LogP contribution in [0, 0.1) is 5.92 Å². The third kappa shape index (κ3) is 4.68. The lowest BCUT2D eigenvalue weighted by atomic mass is 10.1. The van der Waals surface area contributed by atoms with Crippen molar-refractivity contribution in [3.05, 3.63) is 59.3 Å². The van der Waals surface area contributed by atoms with Crippen LogP contribution in [0.4, 0.5) is 0 Å². The van der Waals surface area contributed by atoms with Gasteiger partial charge in [-0.05, 0) is 49.1 Å². The van der Waals surface area contributed by atoms with Crippen molar-refractivity contribution in [1.29, 1.82) is 0 Å². The minimum absolute atomic E-state index is 0.209. The van der Waals surface area contributed by atoms with Gasteiger partial charge in [0.05, 0.1) is 4.88 Å². The topological polar surface area (TPSA) is 59.2 Å². The molecule has 146 valence electrons. The molecule has 1 aliphatic carbocycles. The SMILES string of the molecule is CC(C1CC1)N(Cc1ccccc1)C(=O)CCCc1nc(-c2cccs2)no1. The minimum atomic E-state index is 0.209. The second-order valence-electron chi connectivity index (χ2n) is 7.43. The molecular weight excluding hydrogens is 370 g/mol. The van der Waals surface area contributed by atoms with Crippen molar-refractivity contribution in [2.75, 3.05) is 0 Å². The lowest BCUT2D eigenvalue weighted by Crippen LogP contribution is -2.39. The van der Waals surface area contributed by atoms with Crippen LogP contribution in [0.25, 0.3) is 10.7 Å². The highest BCUT2D eigenvalue weighted by Crippen LogP contribution is 2.36. The van der Waals surface area contributed by atoms with Crippen molar-refractivity contribution < 1.29 is 9.32 Å². The molecule has 0 saturated heterocycles. The first-order valence-electron chi connectivity index (χ1n) is 9.90. The standard InChI is InChI=1S/C22H25N3O2S/c1-16(18-12-13-18)25(15-17-7-3-2-4-8-17)21(26)11-5-10-20-23-22(24-27-20)19-9-6-14-28-19/h2-4,6-9,14,16,18H,5,10-13,15H2,1H3. The molecule has 28 heavy (non-hydrogen) atoms. The number of aromatic nitrogens is 2. The van der Waals surface area contributed by atoms with E-state index in [1.165, 1.54) is 18.4 Å². The van der Waals surface area contributed by atoms with Gasteiger partial charge in [-0.3, -0.25) is 4.79 Å². The first-order chi connectivity index (χ1) is 13.7. The number of carbonyl (C=O) groups excluding carboxylic acids is 1. The molecule has 1 saturated carbocycles. The maximum Gasteiger partial charge on any atom is 0.226 e. The van der Waals surface area contributed by atoms with Crippen LogP contribution in [0.15, 0.2) is 52.4 Å². The van der Waals surface area contributed by atoms with E-state index >= 15 is 0 Å². The number of hydrogen-bond donors (Lipinski definition) is 0. The van der Waals surface area contributed by atoms with Gasteiger partial charge in [0.25, 0.3) is 0 Å². The van der Waals surface area contributed by atoms with Crippen molar-refractivity contribution in [2.45, 2.75) is 51.6 Å². The quantitative estimate of drug-likeness (QED) is 0.514. The highest BCUT2D eigenvalue weighted by molar-refractivity contribution is 7.13. The maximum absolute atomic E-state index is 13.0. The normalized spacial score (nSPS) is 14.8. The Morgan fingerprint density at radius 2 is 2.07 bits per heavy atom. The number of thiophene rings is 1. The predicted molar refractivity (Wildman–Crippen MR) is 110 cm³/mol. The van der Waals surface area contributed by atoms with Gasteiger partial charge in [0.2, 0.25) is 17.6 Å². The minimum Gasteiger partial charge on any atom is -0.339 e. The van der Waals surface area contributed by atoms with Crippen LogP contribution in [0.3, 0.4) is 0 Å². The highest BCUT2D eigenvalue weighted by atomic mass is 32.1. The Balaban J connectivity index is 1.33. The second-order valence-corrected chi connectivity index (χ2v) is 8.38. The van der Waals surface area contributed by atoms with E-state index in [4.69, 9.17) is 4.52 Å². The van der Waals surface area contributed by atoms with Crippen LogP contribution in [0.2, 0.25) is 0 Å². The van der Waals surface area contributed by atoms with Gasteiger partial charge in [0.1, 0.15) is 0 Å². The molecule has 2 aromatic heterocycles. The molecule has 0 radical (unpaired) electrons. The van der Waals surface area contributed by atoms with Gasteiger partial charge in [-0.25, -0.2) is 0 Å². The van der Waals surface area contributed by atoms with Crippen molar-refractivity contribution >= 4 is 17.2 Å². The molecule has 1 aromatic carbocycles. The van der Waals surface area contributed by atoms with Gasteiger partial charge < -0.3 is 9.42 Å². The monoisotopic (exact) mass is 395 g/mol. The zero-order valence-corrected chi connectivity index (χ0v) is 16.9. The number of hydrogen-bond acceptors (Lipinski definition) is 5. The molecule has 5 nitrogen and oxygen atoms in total. The Bertz CT molecular complexity index is 888. The summed E-state index contributed by atoms with van der Waals surface area (Å²) < 4.78 is 5.34. The molecule has 2 heterocycles. The highest BCUT2D eigenvalue weighted by Gasteiger charge is 2.34. The van der Waals surface area contributed by atoms with Gasteiger partial charge >= 0.3 is 0 Å². The van der Waals surface area contributed by atoms with Crippen molar-refractivity contribution in [2.24, 2.45) is 5.92 Å². The molecule has 0 N–H and O–H groups in total. The Morgan fingerprint density at radius 1 is 1.25 bits per heavy atom. The summed E-state index contributed by atoms with van der Waals surface area (Å²) in [6.07, 6.45) is 4.30. The summed E-state index contributed by atoms with van der Waals surface area (Å²) >= 11 is 1.59. The molecule has 1 amide bonds. The van der Waals surface area contributed by atoms with Crippen molar-refractivity contribution in [3.8, 4) is 10.7 Å². The summed E-state index contributed by atoms with van der Waals surface area (Å²) in [4.78, 5) is 20.5. The van der Waals surface area contributed by atoms with Crippen LogP contribution in [-0.4, -0.2) is 27.0 Å². The Hall–Kier alpha value is -2.47. The number of nitrogens with zero attached hydrogens (tertiary/aromatic N) is 3. The van der Waals surface area contributed by atoms with Crippen LogP contribution in [-0.2, 0) is 17.8 Å². The Labute approximate surface area is 169 Å². The fourth-order valence-corrected chi connectivity index (χ4v) is 4.12. The summed E-state index contributed by atoms with van der Waals surface area (Å²) in [6, 6.07) is 14.5. The van der Waals surface area contributed by atoms with Crippen LogP contribution in [0.5, 0.6) is 0 Å². The average molecular weight is 396 g/mol. The molecule has 1 atom stereocenters. The van der Waals surface area contributed by atoms with E-state index in [2.05, 4.69) is 34.1 Å². The Kier molecular flexibility index (Phi) is 5.86. The summed E-state index contributed by atoms with van der Waals surface area (Å²) in [5.74, 6) is 2.09. The van der Waals surface area contributed by atoms with Gasteiger partial charge in [-0.2, -0.15) is 4.98 Å². The van der Waals surface area contributed by atoms with E-state index in [1.807, 2.05) is 35.7 Å². The van der Waals surface area contributed by atoms with Crippen LogP contribution < -0.4 is 0 Å².